The van der Waals surface area contributed by atoms with E-state index in [0.717, 1.165) is 28.1 Å². The summed E-state index contributed by atoms with van der Waals surface area (Å²) in [6.07, 6.45) is 3.57. The summed E-state index contributed by atoms with van der Waals surface area (Å²) < 4.78 is 13.1. The van der Waals surface area contributed by atoms with Gasteiger partial charge in [0, 0.05) is 29.7 Å². The monoisotopic (exact) mass is 450 g/mol. The van der Waals surface area contributed by atoms with Gasteiger partial charge in [-0.05, 0) is 47.6 Å². The van der Waals surface area contributed by atoms with Crippen molar-refractivity contribution < 1.29 is 9.47 Å². The standard InChI is InChI=1S/C25H18N6O3/c32-30-18-5-3-4-16(14-18)24-23(20-6-1-2-11-31(20)29-24)19-9-10-26-25(28-19)27-17-7-8-21-22(15-17)34-13-12-33-21/h1-11,14-15H,12-13H2,(H,26,27,28). The molecule has 9 heteroatoms. The maximum absolute atomic E-state index is 11.1. The van der Waals surface area contributed by atoms with Gasteiger partial charge in [-0.1, -0.05) is 18.2 Å². The van der Waals surface area contributed by atoms with Crippen LogP contribution in [0.15, 0.2) is 84.3 Å². The van der Waals surface area contributed by atoms with Crippen LogP contribution >= 0.6 is 0 Å². The highest BCUT2D eigenvalue weighted by Crippen LogP contribution is 2.36. The SMILES string of the molecule is O=Nc1cccc(-c2nn3ccccc3c2-c2ccnc(Nc3ccc4c(c3)OCCO4)n2)c1. The second kappa shape index (κ2) is 8.28. The molecule has 0 radical (unpaired) electrons. The summed E-state index contributed by atoms with van der Waals surface area (Å²) in [5, 5.41) is 11.1. The molecule has 166 valence electrons. The van der Waals surface area contributed by atoms with Crippen LogP contribution < -0.4 is 14.8 Å². The van der Waals surface area contributed by atoms with Gasteiger partial charge >= 0.3 is 0 Å². The zero-order chi connectivity index (χ0) is 22.9. The normalized spacial score (nSPS) is 12.5. The summed E-state index contributed by atoms with van der Waals surface area (Å²) in [6, 6.07) is 20.3. The Balaban J connectivity index is 1.43. The van der Waals surface area contributed by atoms with Gasteiger partial charge in [0.15, 0.2) is 11.5 Å². The lowest BCUT2D eigenvalue weighted by molar-refractivity contribution is 0.171. The number of ether oxygens (including phenoxy) is 2. The summed E-state index contributed by atoms with van der Waals surface area (Å²) in [6.45, 7) is 1.06. The highest BCUT2D eigenvalue weighted by molar-refractivity contribution is 5.91. The fourth-order valence-electron chi connectivity index (χ4n) is 3.97. The molecule has 0 saturated carbocycles. The predicted octanol–water partition coefficient (Wildman–Crippen LogP) is 5.37. The smallest absolute Gasteiger partial charge is 0.227 e. The quantitative estimate of drug-likeness (QED) is 0.359. The van der Waals surface area contributed by atoms with Gasteiger partial charge in [0.05, 0.1) is 16.8 Å². The largest absolute Gasteiger partial charge is 0.486 e. The number of rotatable bonds is 5. The Morgan fingerprint density at radius 1 is 0.941 bits per heavy atom. The molecule has 6 rings (SSSR count). The Labute approximate surface area is 194 Å². The van der Waals surface area contributed by atoms with Crippen molar-refractivity contribution in [3.05, 3.63) is 84.0 Å². The lowest BCUT2D eigenvalue weighted by Gasteiger charge is -2.19. The van der Waals surface area contributed by atoms with Crippen molar-refractivity contribution in [1.29, 1.82) is 0 Å². The van der Waals surface area contributed by atoms with Crippen molar-refractivity contribution in [3.8, 4) is 34.0 Å². The highest BCUT2D eigenvalue weighted by Gasteiger charge is 2.19. The molecule has 1 N–H and O–H groups in total. The number of pyridine rings is 1. The second-order valence-electron chi connectivity index (χ2n) is 7.64. The third-order valence-electron chi connectivity index (χ3n) is 5.48. The van der Waals surface area contributed by atoms with Crippen LogP contribution in [0.5, 0.6) is 11.5 Å². The Morgan fingerprint density at radius 3 is 2.76 bits per heavy atom. The van der Waals surface area contributed by atoms with Gasteiger partial charge in [-0.25, -0.2) is 14.5 Å². The van der Waals surface area contributed by atoms with Gasteiger partial charge in [0.1, 0.15) is 24.6 Å². The number of fused-ring (bicyclic) bond motifs is 2. The molecule has 1 aliphatic heterocycles. The zero-order valence-electron chi connectivity index (χ0n) is 17.9. The van der Waals surface area contributed by atoms with Crippen LogP contribution in [-0.2, 0) is 0 Å². The number of hydrogen-bond donors (Lipinski definition) is 1. The van der Waals surface area contributed by atoms with E-state index in [0.29, 0.717) is 42.0 Å². The van der Waals surface area contributed by atoms with E-state index in [4.69, 9.17) is 19.6 Å². The average Bonchev–Trinajstić information content (AvgIpc) is 3.29. The van der Waals surface area contributed by atoms with Gasteiger partial charge in [-0.3, -0.25) is 0 Å². The number of anilines is 2. The predicted molar refractivity (Wildman–Crippen MR) is 128 cm³/mol. The fourth-order valence-corrected chi connectivity index (χ4v) is 3.97. The summed E-state index contributed by atoms with van der Waals surface area (Å²) >= 11 is 0. The third-order valence-corrected chi connectivity index (χ3v) is 5.48. The number of aromatic nitrogens is 4. The summed E-state index contributed by atoms with van der Waals surface area (Å²) in [4.78, 5) is 20.3. The third kappa shape index (κ3) is 3.58. The molecule has 0 fully saturated rings. The number of nitrogens with zero attached hydrogens (tertiary/aromatic N) is 5. The first kappa shape index (κ1) is 19.9. The molecule has 1 aliphatic rings. The van der Waals surface area contributed by atoms with Crippen LogP contribution in [0.25, 0.3) is 28.0 Å². The minimum atomic E-state index is 0.337. The second-order valence-corrected chi connectivity index (χ2v) is 7.64. The van der Waals surface area contributed by atoms with Crippen LogP contribution in [0.1, 0.15) is 0 Å². The Bertz CT molecular complexity index is 1530. The zero-order valence-corrected chi connectivity index (χ0v) is 17.9. The van der Waals surface area contributed by atoms with E-state index in [1.165, 1.54) is 0 Å². The molecule has 0 bridgehead atoms. The Hall–Kier alpha value is -4.79. The molecular weight excluding hydrogens is 432 g/mol. The van der Waals surface area contributed by atoms with Crippen molar-refractivity contribution in [2.24, 2.45) is 5.18 Å². The van der Waals surface area contributed by atoms with Crippen LogP contribution in [-0.4, -0.2) is 32.8 Å². The minimum Gasteiger partial charge on any atom is -0.486 e. The molecule has 3 aromatic heterocycles. The molecule has 0 atom stereocenters. The van der Waals surface area contributed by atoms with Crippen molar-refractivity contribution in [2.45, 2.75) is 0 Å². The summed E-state index contributed by atoms with van der Waals surface area (Å²) in [5.41, 5.74) is 4.99. The molecule has 9 nitrogen and oxygen atoms in total. The van der Waals surface area contributed by atoms with Crippen molar-refractivity contribution in [1.82, 2.24) is 19.6 Å². The topological polar surface area (TPSA) is 103 Å². The van der Waals surface area contributed by atoms with Gasteiger partial charge in [0.25, 0.3) is 0 Å². The van der Waals surface area contributed by atoms with E-state index >= 15 is 0 Å². The van der Waals surface area contributed by atoms with Gasteiger partial charge in [-0.2, -0.15) is 5.10 Å². The lowest BCUT2D eigenvalue weighted by Crippen LogP contribution is -2.15. The van der Waals surface area contributed by atoms with Crippen LogP contribution in [0.4, 0.5) is 17.3 Å². The maximum Gasteiger partial charge on any atom is 0.227 e. The minimum absolute atomic E-state index is 0.337. The van der Waals surface area contributed by atoms with Gasteiger partial charge in [-0.15, -0.1) is 4.91 Å². The first-order valence-corrected chi connectivity index (χ1v) is 10.7. The van der Waals surface area contributed by atoms with Crippen LogP contribution in [0.2, 0.25) is 0 Å². The Morgan fingerprint density at radius 2 is 1.85 bits per heavy atom. The van der Waals surface area contributed by atoms with E-state index in [1.54, 1.807) is 28.9 Å². The van der Waals surface area contributed by atoms with Crippen molar-refractivity contribution in [3.63, 3.8) is 0 Å². The molecule has 0 amide bonds. The molecule has 0 aliphatic carbocycles. The highest BCUT2D eigenvalue weighted by atomic mass is 16.6. The van der Waals surface area contributed by atoms with E-state index in [2.05, 4.69) is 15.5 Å². The van der Waals surface area contributed by atoms with Gasteiger partial charge < -0.3 is 14.8 Å². The molecule has 5 aromatic rings. The maximum atomic E-state index is 11.1. The lowest BCUT2D eigenvalue weighted by atomic mass is 10.0. The first-order valence-electron chi connectivity index (χ1n) is 10.7. The van der Waals surface area contributed by atoms with Crippen molar-refractivity contribution in [2.75, 3.05) is 18.5 Å². The molecule has 0 spiro atoms. The number of hydrogen-bond acceptors (Lipinski definition) is 8. The van der Waals surface area contributed by atoms with Crippen LogP contribution in [0.3, 0.4) is 0 Å². The number of benzene rings is 2. The van der Waals surface area contributed by atoms with E-state index < -0.39 is 0 Å². The molecule has 0 saturated heterocycles. The molecule has 2 aromatic carbocycles. The molecule has 0 unspecified atom stereocenters. The first-order chi connectivity index (χ1) is 16.8. The summed E-state index contributed by atoms with van der Waals surface area (Å²) in [7, 11) is 0. The Kier molecular flexibility index (Phi) is 4.84. The number of nitrogens with one attached hydrogen (secondary N) is 1. The molecule has 34 heavy (non-hydrogen) atoms. The molecule has 4 heterocycles. The van der Waals surface area contributed by atoms with E-state index in [9.17, 15) is 4.91 Å². The van der Waals surface area contributed by atoms with Gasteiger partial charge in [0.2, 0.25) is 5.95 Å². The van der Waals surface area contributed by atoms with E-state index in [1.807, 2.05) is 54.7 Å². The van der Waals surface area contributed by atoms with Crippen LogP contribution in [0, 0.1) is 4.91 Å². The fraction of sp³-hybridized carbons (Fsp3) is 0.0800. The average molecular weight is 450 g/mol. The summed E-state index contributed by atoms with van der Waals surface area (Å²) in [5.74, 6) is 1.83. The van der Waals surface area contributed by atoms with Crippen molar-refractivity contribution >= 4 is 22.8 Å². The molecular formula is C25H18N6O3. The number of nitroso groups, excluding NO2 is 1. The van der Waals surface area contributed by atoms with E-state index in [-0.39, 0.29) is 0 Å².